The maximum absolute atomic E-state index is 11.8. The maximum atomic E-state index is 11.8. The standard InChI is InChI=1S/C18H22N2O3/c1-3-23-17-6-4-5-15(11-17)13-20-18(21)19-12-14-7-9-16(22-2)10-8-14/h4-11H,3,12-13H2,1-2H3,(H2,19,20,21). The third-order valence-corrected chi connectivity index (χ3v) is 3.27. The van der Waals surface area contributed by atoms with Crippen LogP contribution >= 0.6 is 0 Å². The van der Waals surface area contributed by atoms with Gasteiger partial charge in [0, 0.05) is 13.1 Å². The van der Waals surface area contributed by atoms with Gasteiger partial charge in [-0.15, -0.1) is 0 Å². The Morgan fingerprint density at radius 3 is 2.30 bits per heavy atom. The number of amides is 2. The lowest BCUT2D eigenvalue weighted by Gasteiger charge is -2.09. The highest BCUT2D eigenvalue weighted by Gasteiger charge is 2.02. The molecule has 0 spiro atoms. The zero-order chi connectivity index (χ0) is 16.5. The lowest BCUT2D eigenvalue weighted by Crippen LogP contribution is -2.34. The van der Waals surface area contributed by atoms with E-state index in [0.29, 0.717) is 19.7 Å². The molecule has 2 rings (SSSR count). The Kier molecular flexibility index (Phi) is 6.29. The Morgan fingerprint density at radius 2 is 1.65 bits per heavy atom. The average Bonchev–Trinajstić information content (AvgIpc) is 2.59. The molecule has 2 N–H and O–H groups in total. The summed E-state index contributed by atoms with van der Waals surface area (Å²) in [7, 11) is 1.63. The highest BCUT2D eigenvalue weighted by atomic mass is 16.5. The molecule has 0 atom stereocenters. The van der Waals surface area contributed by atoms with Crippen molar-refractivity contribution >= 4 is 6.03 Å². The molecule has 0 saturated carbocycles. The van der Waals surface area contributed by atoms with Gasteiger partial charge in [0.1, 0.15) is 11.5 Å². The molecule has 0 bridgehead atoms. The largest absolute Gasteiger partial charge is 0.497 e. The van der Waals surface area contributed by atoms with E-state index in [1.165, 1.54) is 0 Å². The van der Waals surface area contributed by atoms with Crippen LogP contribution in [0.15, 0.2) is 48.5 Å². The summed E-state index contributed by atoms with van der Waals surface area (Å²) in [6.07, 6.45) is 0. The lowest BCUT2D eigenvalue weighted by atomic mass is 10.2. The van der Waals surface area contributed by atoms with Crippen LogP contribution in [0.2, 0.25) is 0 Å². The van der Waals surface area contributed by atoms with Crippen molar-refractivity contribution in [2.45, 2.75) is 20.0 Å². The predicted molar refractivity (Wildman–Crippen MR) is 89.7 cm³/mol. The summed E-state index contributed by atoms with van der Waals surface area (Å²) >= 11 is 0. The summed E-state index contributed by atoms with van der Waals surface area (Å²) in [5.41, 5.74) is 2.01. The molecule has 2 amide bonds. The van der Waals surface area contributed by atoms with Gasteiger partial charge in [0.2, 0.25) is 0 Å². The van der Waals surface area contributed by atoms with Crippen LogP contribution in [0.25, 0.3) is 0 Å². The van der Waals surface area contributed by atoms with E-state index in [1.54, 1.807) is 7.11 Å². The van der Waals surface area contributed by atoms with Crippen molar-refractivity contribution in [2.75, 3.05) is 13.7 Å². The van der Waals surface area contributed by atoms with Crippen LogP contribution in [0.4, 0.5) is 4.79 Å². The van der Waals surface area contributed by atoms with Crippen molar-refractivity contribution < 1.29 is 14.3 Å². The zero-order valence-electron chi connectivity index (χ0n) is 13.5. The van der Waals surface area contributed by atoms with Gasteiger partial charge in [-0.25, -0.2) is 4.79 Å². The second-order valence-electron chi connectivity index (χ2n) is 4.96. The Balaban J connectivity index is 1.77. The maximum Gasteiger partial charge on any atom is 0.315 e. The lowest BCUT2D eigenvalue weighted by molar-refractivity contribution is 0.240. The molecule has 0 aromatic heterocycles. The summed E-state index contributed by atoms with van der Waals surface area (Å²) < 4.78 is 10.5. The van der Waals surface area contributed by atoms with Gasteiger partial charge in [0.25, 0.3) is 0 Å². The highest BCUT2D eigenvalue weighted by Crippen LogP contribution is 2.13. The van der Waals surface area contributed by atoms with E-state index < -0.39 is 0 Å². The minimum atomic E-state index is -0.206. The van der Waals surface area contributed by atoms with Crippen LogP contribution in [-0.4, -0.2) is 19.7 Å². The minimum absolute atomic E-state index is 0.206. The van der Waals surface area contributed by atoms with Gasteiger partial charge in [-0.1, -0.05) is 24.3 Å². The minimum Gasteiger partial charge on any atom is -0.497 e. The summed E-state index contributed by atoms with van der Waals surface area (Å²) in [6.45, 7) is 3.49. The molecule has 0 fully saturated rings. The SMILES string of the molecule is CCOc1cccc(CNC(=O)NCc2ccc(OC)cc2)c1. The molecular weight excluding hydrogens is 292 g/mol. The fraction of sp³-hybridized carbons (Fsp3) is 0.278. The van der Waals surface area contributed by atoms with Crippen LogP contribution in [0.1, 0.15) is 18.1 Å². The molecule has 0 aliphatic rings. The van der Waals surface area contributed by atoms with Crippen LogP contribution in [0.3, 0.4) is 0 Å². The topological polar surface area (TPSA) is 59.6 Å². The first-order valence-electron chi connectivity index (χ1n) is 7.57. The third kappa shape index (κ3) is 5.54. The Bertz CT molecular complexity index is 626. The monoisotopic (exact) mass is 314 g/mol. The number of ether oxygens (including phenoxy) is 2. The Morgan fingerprint density at radius 1 is 0.957 bits per heavy atom. The molecule has 0 aliphatic heterocycles. The molecule has 0 heterocycles. The van der Waals surface area contributed by atoms with E-state index in [2.05, 4.69) is 10.6 Å². The molecule has 2 aromatic rings. The predicted octanol–water partition coefficient (Wildman–Crippen LogP) is 3.09. The normalized spacial score (nSPS) is 10.0. The van der Waals surface area contributed by atoms with Crippen LogP contribution < -0.4 is 20.1 Å². The molecule has 5 heteroatoms. The average molecular weight is 314 g/mol. The molecule has 0 unspecified atom stereocenters. The molecule has 0 radical (unpaired) electrons. The van der Waals surface area contributed by atoms with E-state index in [4.69, 9.17) is 9.47 Å². The molecule has 0 aliphatic carbocycles. The molecule has 23 heavy (non-hydrogen) atoms. The number of hydrogen-bond acceptors (Lipinski definition) is 3. The summed E-state index contributed by atoms with van der Waals surface area (Å²) in [5.74, 6) is 1.61. The summed E-state index contributed by atoms with van der Waals surface area (Å²) in [6, 6.07) is 15.1. The second kappa shape index (κ2) is 8.68. The van der Waals surface area contributed by atoms with Crippen molar-refractivity contribution in [3.63, 3.8) is 0 Å². The van der Waals surface area contributed by atoms with Crippen molar-refractivity contribution in [3.8, 4) is 11.5 Å². The Labute approximate surface area is 136 Å². The first-order chi connectivity index (χ1) is 11.2. The van der Waals surface area contributed by atoms with E-state index in [0.717, 1.165) is 22.6 Å². The number of methoxy groups -OCH3 is 1. The van der Waals surface area contributed by atoms with E-state index >= 15 is 0 Å². The number of hydrogen-bond donors (Lipinski definition) is 2. The van der Waals surface area contributed by atoms with Gasteiger partial charge >= 0.3 is 6.03 Å². The van der Waals surface area contributed by atoms with Gasteiger partial charge in [-0.05, 0) is 42.3 Å². The summed E-state index contributed by atoms with van der Waals surface area (Å²) in [5, 5.41) is 5.66. The van der Waals surface area contributed by atoms with Crippen molar-refractivity contribution in [1.29, 1.82) is 0 Å². The van der Waals surface area contributed by atoms with E-state index in [1.807, 2.05) is 55.5 Å². The fourth-order valence-electron chi connectivity index (χ4n) is 2.08. The number of carbonyl (C=O) groups is 1. The zero-order valence-corrected chi connectivity index (χ0v) is 13.5. The van der Waals surface area contributed by atoms with Gasteiger partial charge in [0.15, 0.2) is 0 Å². The van der Waals surface area contributed by atoms with Crippen molar-refractivity contribution in [2.24, 2.45) is 0 Å². The molecular formula is C18H22N2O3. The van der Waals surface area contributed by atoms with Gasteiger partial charge < -0.3 is 20.1 Å². The van der Waals surface area contributed by atoms with Crippen molar-refractivity contribution in [1.82, 2.24) is 10.6 Å². The number of benzene rings is 2. The first-order valence-corrected chi connectivity index (χ1v) is 7.57. The van der Waals surface area contributed by atoms with Gasteiger partial charge in [-0.2, -0.15) is 0 Å². The third-order valence-electron chi connectivity index (χ3n) is 3.27. The summed E-state index contributed by atoms with van der Waals surface area (Å²) in [4.78, 5) is 11.8. The number of carbonyl (C=O) groups excluding carboxylic acids is 1. The smallest absolute Gasteiger partial charge is 0.315 e. The second-order valence-corrected chi connectivity index (χ2v) is 4.96. The first kappa shape index (κ1) is 16.7. The highest BCUT2D eigenvalue weighted by molar-refractivity contribution is 5.73. The van der Waals surface area contributed by atoms with E-state index in [9.17, 15) is 4.79 Å². The van der Waals surface area contributed by atoms with Gasteiger partial charge in [-0.3, -0.25) is 0 Å². The molecule has 122 valence electrons. The number of nitrogens with one attached hydrogen (secondary N) is 2. The fourth-order valence-corrected chi connectivity index (χ4v) is 2.08. The molecule has 2 aromatic carbocycles. The number of urea groups is 1. The van der Waals surface area contributed by atoms with Gasteiger partial charge in [0.05, 0.1) is 13.7 Å². The van der Waals surface area contributed by atoms with Crippen LogP contribution in [-0.2, 0) is 13.1 Å². The number of rotatable bonds is 7. The van der Waals surface area contributed by atoms with E-state index in [-0.39, 0.29) is 6.03 Å². The van der Waals surface area contributed by atoms with Crippen LogP contribution in [0.5, 0.6) is 11.5 Å². The quantitative estimate of drug-likeness (QED) is 0.825. The Hall–Kier alpha value is -2.69. The van der Waals surface area contributed by atoms with Crippen LogP contribution in [0, 0.1) is 0 Å². The molecule has 5 nitrogen and oxygen atoms in total. The van der Waals surface area contributed by atoms with Crippen molar-refractivity contribution in [3.05, 3.63) is 59.7 Å². The molecule has 0 saturated heterocycles.